The molecule has 0 spiro atoms. The summed E-state index contributed by atoms with van der Waals surface area (Å²) in [4.78, 5) is 0. The molecule has 0 aromatic carbocycles. The van der Waals surface area contributed by atoms with Gasteiger partial charge in [-0.25, -0.2) is 0 Å². The first-order valence-electron chi connectivity index (χ1n) is 4.25. The largest absolute Gasteiger partial charge is 0.330 e. The normalized spacial score (nSPS) is 23.5. The van der Waals surface area contributed by atoms with Gasteiger partial charge in [-0.15, -0.1) is 23.5 Å². The predicted molar refractivity (Wildman–Crippen MR) is 56.2 cm³/mol. The van der Waals surface area contributed by atoms with E-state index in [0.29, 0.717) is 4.08 Å². The first-order chi connectivity index (χ1) is 5.27. The molecule has 66 valence electrons. The van der Waals surface area contributed by atoms with E-state index in [0.717, 1.165) is 6.54 Å². The van der Waals surface area contributed by atoms with E-state index < -0.39 is 0 Å². The van der Waals surface area contributed by atoms with Crippen molar-refractivity contribution in [1.29, 1.82) is 0 Å². The molecule has 0 aliphatic carbocycles. The number of thioether (sulfide) groups is 2. The van der Waals surface area contributed by atoms with Gasteiger partial charge in [-0.05, 0) is 44.2 Å². The molecule has 0 amide bonds. The van der Waals surface area contributed by atoms with Crippen LogP contribution in [-0.4, -0.2) is 22.1 Å². The molecule has 1 heterocycles. The third-order valence-corrected chi connectivity index (χ3v) is 5.26. The highest BCUT2D eigenvalue weighted by molar-refractivity contribution is 8.18. The summed E-state index contributed by atoms with van der Waals surface area (Å²) in [7, 11) is 0. The van der Waals surface area contributed by atoms with Crippen molar-refractivity contribution in [3.8, 4) is 0 Å². The van der Waals surface area contributed by atoms with Crippen LogP contribution in [0.1, 0.15) is 26.2 Å². The Morgan fingerprint density at radius 3 is 2.55 bits per heavy atom. The Morgan fingerprint density at radius 2 is 2.00 bits per heavy atom. The van der Waals surface area contributed by atoms with Crippen LogP contribution in [0.15, 0.2) is 0 Å². The molecular formula is C8H17NS2. The lowest BCUT2D eigenvalue weighted by atomic mass is 10.2. The minimum Gasteiger partial charge on any atom is -0.330 e. The molecule has 1 aliphatic rings. The maximum atomic E-state index is 5.49. The smallest absolute Gasteiger partial charge is 0.0583 e. The van der Waals surface area contributed by atoms with Gasteiger partial charge in [0, 0.05) is 0 Å². The number of hydrogen-bond acceptors (Lipinski definition) is 3. The van der Waals surface area contributed by atoms with Gasteiger partial charge in [0.25, 0.3) is 0 Å². The third kappa shape index (κ3) is 3.26. The highest BCUT2D eigenvalue weighted by Crippen LogP contribution is 2.44. The average Bonchev–Trinajstić information content (AvgIpc) is 2.03. The third-order valence-electron chi connectivity index (χ3n) is 1.94. The van der Waals surface area contributed by atoms with Crippen LogP contribution in [0.4, 0.5) is 0 Å². The second-order valence-electron chi connectivity index (χ2n) is 3.08. The Morgan fingerprint density at radius 1 is 1.36 bits per heavy atom. The molecule has 0 saturated carbocycles. The first-order valence-corrected chi connectivity index (χ1v) is 6.22. The maximum absolute atomic E-state index is 5.49. The van der Waals surface area contributed by atoms with E-state index in [1.165, 1.54) is 30.8 Å². The van der Waals surface area contributed by atoms with Crippen LogP contribution < -0.4 is 5.73 Å². The molecule has 0 atom stereocenters. The summed E-state index contributed by atoms with van der Waals surface area (Å²) in [5, 5.41) is 0. The van der Waals surface area contributed by atoms with Gasteiger partial charge < -0.3 is 5.73 Å². The van der Waals surface area contributed by atoms with Crippen LogP contribution in [-0.2, 0) is 0 Å². The van der Waals surface area contributed by atoms with Crippen molar-refractivity contribution in [2.45, 2.75) is 30.3 Å². The summed E-state index contributed by atoms with van der Waals surface area (Å²) in [6, 6.07) is 0. The molecular weight excluding hydrogens is 174 g/mol. The van der Waals surface area contributed by atoms with Gasteiger partial charge in [-0.1, -0.05) is 0 Å². The molecule has 0 aromatic heterocycles. The molecule has 3 heteroatoms. The summed E-state index contributed by atoms with van der Waals surface area (Å²) in [5.41, 5.74) is 5.49. The Kier molecular flexibility index (Phi) is 4.10. The van der Waals surface area contributed by atoms with Crippen molar-refractivity contribution in [2.24, 2.45) is 5.73 Å². The van der Waals surface area contributed by atoms with E-state index in [9.17, 15) is 0 Å². The zero-order chi connectivity index (χ0) is 8.16. The van der Waals surface area contributed by atoms with Crippen molar-refractivity contribution < 1.29 is 0 Å². The quantitative estimate of drug-likeness (QED) is 0.741. The van der Waals surface area contributed by atoms with E-state index in [4.69, 9.17) is 5.73 Å². The Labute approximate surface area is 77.9 Å². The van der Waals surface area contributed by atoms with E-state index in [1.54, 1.807) is 0 Å². The zero-order valence-electron chi connectivity index (χ0n) is 7.14. The molecule has 0 unspecified atom stereocenters. The lowest BCUT2D eigenvalue weighted by molar-refractivity contribution is 0.703. The maximum Gasteiger partial charge on any atom is 0.0583 e. The van der Waals surface area contributed by atoms with Crippen LogP contribution in [0.2, 0.25) is 0 Å². The molecule has 1 nitrogen and oxygen atoms in total. The van der Waals surface area contributed by atoms with Gasteiger partial charge in [0.15, 0.2) is 0 Å². The molecule has 2 N–H and O–H groups in total. The first kappa shape index (κ1) is 9.75. The number of nitrogens with two attached hydrogens (primary N) is 1. The van der Waals surface area contributed by atoms with E-state index in [2.05, 4.69) is 30.4 Å². The topological polar surface area (TPSA) is 26.0 Å². The molecule has 0 bridgehead atoms. The average molecular weight is 191 g/mol. The monoisotopic (exact) mass is 191 g/mol. The number of rotatable bonds is 3. The minimum absolute atomic E-state index is 0.484. The molecule has 1 saturated heterocycles. The van der Waals surface area contributed by atoms with E-state index >= 15 is 0 Å². The lowest BCUT2D eigenvalue weighted by Gasteiger charge is -2.32. The second-order valence-corrected chi connectivity index (χ2v) is 6.53. The fourth-order valence-corrected chi connectivity index (χ4v) is 4.28. The van der Waals surface area contributed by atoms with Crippen LogP contribution in [0.25, 0.3) is 0 Å². The van der Waals surface area contributed by atoms with Gasteiger partial charge in [0.05, 0.1) is 4.08 Å². The fraction of sp³-hybridized carbons (Fsp3) is 1.00. The standard InChI is InChI=1S/C8H17NS2/c1-8(4-2-5-9)10-6-3-7-11-8/h2-7,9H2,1H3. The van der Waals surface area contributed by atoms with E-state index in [-0.39, 0.29) is 0 Å². The summed E-state index contributed by atoms with van der Waals surface area (Å²) >= 11 is 4.23. The van der Waals surface area contributed by atoms with E-state index in [1.807, 2.05) is 0 Å². The summed E-state index contributed by atoms with van der Waals surface area (Å²) in [6.07, 6.45) is 3.84. The molecule has 1 aliphatic heterocycles. The Hall–Kier alpha value is 0.660. The number of hydrogen-bond donors (Lipinski definition) is 1. The SMILES string of the molecule is CC1(CCCN)SCCCS1. The van der Waals surface area contributed by atoms with Crippen molar-refractivity contribution >= 4 is 23.5 Å². The highest BCUT2D eigenvalue weighted by atomic mass is 32.2. The molecule has 0 radical (unpaired) electrons. The van der Waals surface area contributed by atoms with Crippen LogP contribution in [0, 0.1) is 0 Å². The van der Waals surface area contributed by atoms with Crippen molar-refractivity contribution in [1.82, 2.24) is 0 Å². The highest BCUT2D eigenvalue weighted by Gasteiger charge is 2.27. The van der Waals surface area contributed by atoms with Crippen molar-refractivity contribution in [3.63, 3.8) is 0 Å². The summed E-state index contributed by atoms with van der Waals surface area (Å²) in [5.74, 6) is 2.68. The van der Waals surface area contributed by atoms with Crippen molar-refractivity contribution in [3.05, 3.63) is 0 Å². The fourth-order valence-electron chi connectivity index (χ4n) is 1.24. The second kappa shape index (κ2) is 4.63. The van der Waals surface area contributed by atoms with Crippen LogP contribution >= 0.6 is 23.5 Å². The van der Waals surface area contributed by atoms with Gasteiger partial charge in [-0.2, -0.15) is 0 Å². The van der Waals surface area contributed by atoms with Gasteiger partial charge >= 0.3 is 0 Å². The molecule has 11 heavy (non-hydrogen) atoms. The molecule has 0 aromatic rings. The zero-order valence-corrected chi connectivity index (χ0v) is 8.77. The minimum atomic E-state index is 0.484. The molecule has 1 rings (SSSR count). The lowest BCUT2D eigenvalue weighted by Crippen LogP contribution is -2.21. The van der Waals surface area contributed by atoms with Crippen molar-refractivity contribution in [2.75, 3.05) is 18.1 Å². The van der Waals surface area contributed by atoms with Crippen LogP contribution in [0.3, 0.4) is 0 Å². The molecule has 1 fully saturated rings. The van der Waals surface area contributed by atoms with Gasteiger partial charge in [0.1, 0.15) is 0 Å². The predicted octanol–water partition coefficient (Wildman–Crippen LogP) is 2.31. The van der Waals surface area contributed by atoms with Gasteiger partial charge in [-0.3, -0.25) is 0 Å². The van der Waals surface area contributed by atoms with Crippen LogP contribution in [0.5, 0.6) is 0 Å². The summed E-state index contributed by atoms with van der Waals surface area (Å²) in [6.45, 7) is 3.20. The Bertz CT molecular complexity index is 111. The summed E-state index contributed by atoms with van der Waals surface area (Å²) < 4.78 is 0.484. The Balaban J connectivity index is 2.25. The van der Waals surface area contributed by atoms with Gasteiger partial charge in [0.2, 0.25) is 0 Å².